The van der Waals surface area contributed by atoms with Gasteiger partial charge < -0.3 is 11.1 Å². The van der Waals surface area contributed by atoms with Crippen molar-refractivity contribution >= 4 is 11.7 Å². The number of nitrogens with zero attached hydrogens (tertiary/aromatic N) is 1. The van der Waals surface area contributed by atoms with Crippen LogP contribution in [0.4, 0.5) is 5.82 Å². The number of nitrogens with two attached hydrogens (primary N) is 1. The fraction of sp³-hybridized carbons (Fsp3) is 0.250. The molecule has 1 heterocycles. The minimum Gasteiger partial charge on any atom is -0.320 e. The lowest BCUT2D eigenvalue weighted by atomic mass is 10.1. The Kier molecular flexibility index (Phi) is 4.85. The first kappa shape index (κ1) is 14.2. The van der Waals surface area contributed by atoms with Gasteiger partial charge in [-0.05, 0) is 37.0 Å². The maximum atomic E-state index is 11.9. The van der Waals surface area contributed by atoms with Gasteiger partial charge in [0.25, 0.3) is 0 Å². The van der Waals surface area contributed by atoms with E-state index in [-0.39, 0.29) is 5.91 Å². The van der Waals surface area contributed by atoms with Crippen LogP contribution >= 0.6 is 0 Å². The second kappa shape index (κ2) is 6.82. The highest BCUT2D eigenvalue weighted by molar-refractivity contribution is 5.93. The molecule has 104 valence electrons. The Morgan fingerprint density at radius 2 is 2.00 bits per heavy atom. The topological polar surface area (TPSA) is 68.0 Å². The molecule has 1 atom stereocenters. The molecule has 4 heteroatoms. The lowest BCUT2D eigenvalue weighted by molar-refractivity contribution is -0.117. The second-order valence-corrected chi connectivity index (χ2v) is 4.84. The van der Waals surface area contributed by atoms with Crippen molar-refractivity contribution in [3.63, 3.8) is 0 Å². The van der Waals surface area contributed by atoms with E-state index in [4.69, 9.17) is 5.73 Å². The molecule has 0 saturated carbocycles. The first-order valence-corrected chi connectivity index (χ1v) is 6.68. The largest absolute Gasteiger partial charge is 0.320 e. The SMILES string of the molecule is Cc1ccc(NC(=O)[C@@H](N)CCc2ccccc2)nc1. The number of benzene rings is 1. The number of anilines is 1. The third-order valence-electron chi connectivity index (χ3n) is 3.09. The molecule has 0 spiro atoms. The fourth-order valence-corrected chi connectivity index (χ4v) is 1.86. The van der Waals surface area contributed by atoms with Crippen LogP contribution in [0.3, 0.4) is 0 Å². The number of amides is 1. The molecule has 0 bridgehead atoms. The third kappa shape index (κ3) is 4.17. The van der Waals surface area contributed by atoms with E-state index in [9.17, 15) is 4.79 Å². The number of hydrogen-bond acceptors (Lipinski definition) is 3. The van der Waals surface area contributed by atoms with Crippen LogP contribution in [0.25, 0.3) is 0 Å². The molecule has 2 aromatic rings. The van der Waals surface area contributed by atoms with E-state index < -0.39 is 6.04 Å². The van der Waals surface area contributed by atoms with Gasteiger partial charge in [-0.3, -0.25) is 4.79 Å². The van der Waals surface area contributed by atoms with Crippen LogP contribution in [0.5, 0.6) is 0 Å². The number of nitrogens with one attached hydrogen (secondary N) is 1. The highest BCUT2D eigenvalue weighted by atomic mass is 16.2. The summed E-state index contributed by atoms with van der Waals surface area (Å²) in [4.78, 5) is 16.1. The maximum Gasteiger partial charge on any atom is 0.242 e. The molecule has 4 nitrogen and oxygen atoms in total. The molecule has 0 unspecified atom stereocenters. The number of aryl methyl sites for hydroxylation is 2. The number of pyridine rings is 1. The van der Waals surface area contributed by atoms with E-state index in [1.807, 2.05) is 43.3 Å². The van der Waals surface area contributed by atoms with Gasteiger partial charge in [-0.25, -0.2) is 4.98 Å². The van der Waals surface area contributed by atoms with Crippen molar-refractivity contribution < 1.29 is 4.79 Å². The van der Waals surface area contributed by atoms with Crippen molar-refractivity contribution in [2.24, 2.45) is 5.73 Å². The minimum absolute atomic E-state index is 0.197. The first-order valence-electron chi connectivity index (χ1n) is 6.68. The summed E-state index contributed by atoms with van der Waals surface area (Å²) in [6, 6.07) is 13.2. The number of rotatable bonds is 5. The molecule has 0 fully saturated rings. The van der Waals surface area contributed by atoms with Gasteiger partial charge in [-0.1, -0.05) is 36.4 Å². The molecule has 1 amide bonds. The van der Waals surface area contributed by atoms with E-state index in [2.05, 4.69) is 10.3 Å². The Morgan fingerprint density at radius 3 is 2.65 bits per heavy atom. The van der Waals surface area contributed by atoms with Gasteiger partial charge in [-0.2, -0.15) is 0 Å². The fourth-order valence-electron chi connectivity index (χ4n) is 1.86. The summed E-state index contributed by atoms with van der Waals surface area (Å²) in [5.74, 6) is 0.341. The molecule has 2 rings (SSSR count). The quantitative estimate of drug-likeness (QED) is 0.875. The summed E-state index contributed by atoms with van der Waals surface area (Å²) in [6.07, 6.45) is 3.11. The average Bonchev–Trinajstić information content (AvgIpc) is 2.48. The zero-order chi connectivity index (χ0) is 14.4. The molecule has 20 heavy (non-hydrogen) atoms. The second-order valence-electron chi connectivity index (χ2n) is 4.84. The zero-order valence-electron chi connectivity index (χ0n) is 11.5. The van der Waals surface area contributed by atoms with Crippen LogP contribution in [0.1, 0.15) is 17.5 Å². The van der Waals surface area contributed by atoms with Crippen LogP contribution in [0, 0.1) is 6.92 Å². The molecule has 3 N–H and O–H groups in total. The van der Waals surface area contributed by atoms with Gasteiger partial charge in [0.1, 0.15) is 5.82 Å². The minimum atomic E-state index is -0.529. The van der Waals surface area contributed by atoms with Gasteiger partial charge in [0, 0.05) is 6.20 Å². The van der Waals surface area contributed by atoms with Gasteiger partial charge >= 0.3 is 0 Å². The third-order valence-corrected chi connectivity index (χ3v) is 3.09. The Balaban J connectivity index is 1.84. The molecular formula is C16H19N3O. The van der Waals surface area contributed by atoms with Crippen LogP contribution in [0.15, 0.2) is 48.7 Å². The molecule has 0 aliphatic carbocycles. The summed E-state index contributed by atoms with van der Waals surface area (Å²) < 4.78 is 0. The predicted molar refractivity (Wildman–Crippen MR) is 80.3 cm³/mol. The highest BCUT2D eigenvalue weighted by Crippen LogP contribution is 2.07. The van der Waals surface area contributed by atoms with E-state index in [1.54, 1.807) is 12.3 Å². The van der Waals surface area contributed by atoms with E-state index in [0.717, 1.165) is 12.0 Å². The lowest BCUT2D eigenvalue weighted by Gasteiger charge is -2.11. The molecule has 0 saturated heterocycles. The monoisotopic (exact) mass is 269 g/mol. The summed E-state index contributed by atoms with van der Waals surface area (Å²) >= 11 is 0. The van der Waals surface area contributed by atoms with Gasteiger partial charge in [0.15, 0.2) is 0 Å². The molecule has 1 aromatic heterocycles. The average molecular weight is 269 g/mol. The number of aromatic nitrogens is 1. The Hall–Kier alpha value is -2.20. The van der Waals surface area contributed by atoms with Crippen molar-refractivity contribution in [1.29, 1.82) is 0 Å². The van der Waals surface area contributed by atoms with E-state index in [0.29, 0.717) is 12.2 Å². The molecular weight excluding hydrogens is 250 g/mol. The van der Waals surface area contributed by atoms with Crippen LogP contribution < -0.4 is 11.1 Å². The van der Waals surface area contributed by atoms with Gasteiger partial charge in [-0.15, -0.1) is 0 Å². The maximum absolute atomic E-state index is 11.9. The smallest absolute Gasteiger partial charge is 0.242 e. The van der Waals surface area contributed by atoms with Gasteiger partial charge in [0.2, 0.25) is 5.91 Å². The predicted octanol–water partition coefficient (Wildman–Crippen LogP) is 2.29. The number of carbonyl (C=O) groups is 1. The van der Waals surface area contributed by atoms with Crippen molar-refractivity contribution in [1.82, 2.24) is 4.98 Å². The number of carbonyl (C=O) groups excluding carboxylic acids is 1. The van der Waals surface area contributed by atoms with Gasteiger partial charge in [0.05, 0.1) is 6.04 Å². The van der Waals surface area contributed by atoms with Crippen LogP contribution in [-0.4, -0.2) is 16.9 Å². The summed E-state index contributed by atoms with van der Waals surface area (Å²) in [5.41, 5.74) is 8.14. The van der Waals surface area contributed by atoms with Crippen molar-refractivity contribution in [3.8, 4) is 0 Å². The molecule has 0 aliphatic rings. The normalized spacial score (nSPS) is 11.9. The Bertz CT molecular complexity index is 552. The van der Waals surface area contributed by atoms with E-state index >= 15 is 0 Å². The Labute approximate surface area is 119 Å². The van der Waals surface area contributed by atoms with Crippen LogP contribution in [0.2, 0.25) is 0 Å². The van der Waals surface area contributed by atoms with Crippen LogP contribution in [-0.2, 0) is 11.2 Å². The Morgan fingerprint density at radius 1 is 1.25 bits per heavy atom. The summed E-state index contributed by atoms with van der Waals surface area (Å²) in [6.45, 7) is 1.95. The van der Waals surface area contributed by atoms with Crippen molar-refractivity contribution in [3.05, 3.63) is 59.8 Å². The van der Waals surface area contributed by atoms with E-state index in [1.165, 1.54) is 5.56 Å². The number of hydrogen-bond donors (Lipinski definition) is 2. The standard InChI is InChI=1S/C16H19N3O/c1-12-7-10-15(18-11-12)19-16(20)14(17)9-8-13-5-3-2-4-6-13/h2-7,10-11,14H,8-9,17H2,1H3,(H,18,19,20)/t14-/m0/s1. The lowest BCUT2D eigenvalue weighted by Crippen LogP contribution is -2.36. The van der Waals surface area contributed by atoms with Crippen molar-refractivity contribution in [2.75, 3.05) is 5.32 Å². The molecule has 0 radical (unpaired) electrons. The summed E-state index contributed by atoms with van der Waals surface area (Å²) in [5, 5.41) is 2.73. The zero-order valence-corrected chi connectivity index (χ0v) is 11.5. The molecule has 0 aliphatic heterocycles. The molecule has 1 aromatic carbocycles. The summed E-state index contributed by atoms with van der Waals surface area (Å²) in [7, 11) is 0. The first-order chi connectivity index (χ1) is 9.65. The van der Waals surface area contributed by atoms with Crippen molar-refractivity contribution in [2.45, 2.75) is 25.8 Å². The highest BCUT2D eigenvalue weighted by Gasteiger charge is 2.13.